The lowest BCUT2D eigenvalue weighted by molar-refractivity contribution is -0.119. The molecule has 0 unspecified atom stereocenters. The second kappa shape index (κ2) is 7.93. The summed E-state index contributed by atoms with van der Waals surface area (Å²) in [6, 6.07) is 7.38. The fraction of sp³-hybridized carbons (Fsp3) is 0.222. The molecule has 0 atom stereocenters. The van der Waals surface area contributed by atoms with Gasteiger partial charge in [0.25, 0.3) is 5.91 Å². The Bertz CT molecular complexity index is 1020. The van der Waals surface area contributed by atoms with Gasteiger partial charge in [0, 0.05) is 10.6 Å². The summed E-state index contributed by atoms with van der Waals surface area (Å²) in [7, 11) is 0. The van der Waals surface area contributed by atoms with Gasteiger partial charge in [-0.2, -0.15) is 0 Å². The Balaban J connectivity index is 1.66. The van der Waals surface area contributed by atoms with E-state index in [9.17, 15) is 9.59 Å². The molecule has 3 aromatic rings. The molecule has 0 bridgehead atoms. The van der Waals surface area contributed by atoms with E-state index < -0.39 is 18.5 Å². The summed E-state index contributed by atoms with van der Waals surface area (Å²) in [4.78, 5) is 34.9. The zero-order valence-corrected chi connectivity index (χ0v) is 16.7. The number of carbonyl (C=O) groups is 2. The molecule has 1 amide bonds. The molecule has 0 saturated carbocycles. The zero-order chi connectivity index (χ0) is 19.6. The summed E-state index contributed by atoms with van der Waals surface area (Å²) < 4.78 is 5.11. The van der Waals surface area contributed by atoms with Crippen LogP contribution < -0.4 is 11.1 Å². The topological polar surface area (TPSA) is 107 Å². The van der Waals surface area contributed by atoms with Crippen LogP contribution in [0.3, 0.4) is 0 Å². The van der Waals surface area contributed by atoms with Crippen molar-refractivity contribution in [3.05, 3.63) is 40.7 Å². The second-order valence-corrected chi connectivity index (χ2v) is 7.61. The van der Waals surface area contributed by atoms with Crippen LogP contribution in [0.15, 0.2) is 29.2 Å². The summed E-state index contributed by atoms with van der Waals surface area (Å²) in [5.41, 5.74) is 7.70. The highest BCUT2D eigenvalue weighted by atomic mass is 32.2. The maximum atomic E-state index is 12.3. The molecular weight excluding hydrogens is 384 g/mol. The number of amides is 1. The van der Waals surface area contributed by atoms with E-state index >= 15 is 0 Å². The van der Waals surface area contributed by atoms with Gasteiger partial charge in [0.2, 0.25) is 0 Å². The Hall–Kier alpha value is -2.65. The highest BCUT2D eigenvalue weighted by molar-refractivity contribution is 7.98. The summed E-state index contributed by atoms with van der Waals surface area (Å²) in [6.07, 6.45) is 1.97. The fourth-order valence-corrected chi connectivity index (χ4v) is 4.04. The fourth-order valence-electron chi connectivity index (χ4n) is 2.55. The van der Waals surface area contributed by atoms with Crippen molar-refractivity contribution in [1.82, 2.24) is 9.97 Å². The van der Waals surface area contributed by atoms with Crippen LogP contribution in [0.25, 0.3) is 10.2 Å². The molecule has 0 saturated heterocycles. The van der Waals surface area contributed by atoms with E-state index in [-0.39, 0.29) is 10.6 Å². The molecule has 0 aliphatic carbocycles. The van der Waals surface area contributed by atoms with Gasteiger partial charge in [-0.25, -0.2) is 14.8 Å². The van der Waals surface area contributed by atoms with Crippen LogP contribution in [-0.2, 0) is 9.53 Å². The van der Waals surface area contributed by atoms with Gasteiger partial charge in [0.1, 0.15) is 15.5 Å². The summed E-state index contributed by atoms with van der Waals surface area (Å²) >= 11 is 2.75. The van der Waals surface area contributed by atoms with Crippen LogP contribution in [0.5, 0.6) is 0 Å². The van der Waals surface area contributed by atoms with Crippen molar-refractivity contribution in [3.63, 3.8) is 0 Å². The second-order valence-electron chi connectivity index (χ2n) is 5.73. The number of ether oxygens (including phenoxy) is 1. The predicted molar refractivity (Wildman–Crippen MR) is 108 cm³/mol. The number of esters is 1. The maximum Gasteiger partial charge on any atom is 0.351 e. The van der Waals surface area contributed by atoms with Crippen molar-refractivity contribution in [2.24, 2.45) is 0 Å². The molecule has 27 heavy (non-hydrogen) atoms. The average molecular weight is 403 g/mol. The van der Waals surface area contributed by atoms with Crippen LogP contribution in [0.4, 0.5) is 11.4 Å². The van der Waals surface area contributed by atoms with Crippen LogP contribution in [0, 0.1) is 13.8 Å². The van der Waals surface area contributed by atoms with E-state index in [0.29, 0.717) is 27.4 Å². The number of nitrogens with one attached hydrogen (secondary N) is 1. The molecule has 0 fully saturated rings. The average Bonchev–Trinajstić information content (AvgIpc) is 2.97. The van der Waals surface area contributed by atoms with Gasteiger partial charge in [-0.05, 0) is 44.4 Å². The molecule has 0 radical (unpaired) electrons. The monoisotopic (exact) mass is 402 g/mol. The molecule has 0 aliphatic rings. The Labute approximate surface area is 164 Å². The van der Waals surface area contributed by atoms with Crippen LogP contribution in [0.1, 0.15) is 21.2 Å². The molecule has 2 heterocycles. The third kappa shape index (κ3) is 4.20. The smallest absolute Gasteiger partial charge is 0.351 e. The number of thiophene rings is 1. The molecule has 3 rings (SSSR count). The largest absolute Gasteiger partial charge is 0.451 e. The number of hydrogen-bond acceptors (Lipinski definition) is 8. The number of thioether (sulfide) groups is 1. The van der Waals surface area contributed by atoms with Gasteiger partial charge >= 0.3 is 5.97 Å². The number of hydrogen-bond donors (Lipinski definition) is 2. The Morgan fingerprint density at radius 1 is 1.22 bits per heavy atom. The first-order valence-electron chi connectivity index (χ1n) is 8.03. The minimum absolute atomic E-state index is 0.227. The van der Waals surface area contributed by atoms with E-state index in [1.54, 1.807) is 30.8 Å². The van der Waals surface area contributed by atoms with E-state index in [0.717, 1.165) is 16.2 Å². The van der Waals surface area contributed by atoms with Crippen LogP contribution in [-0.4, -0.2) is 34.7 Å². The predicted octanol–water partition coefficient (Wildman–Crippen LogP) is 3.41. The number of aryl methyl sites for hydroxylation is 2. The van der Waals surface area contributed by atoms with Gasteiger partial charge in [0.15, 0.2) is 6.61 Å². The van der Waals surface area contributed by atoms with Crippen LogP contribution >= 0.6 is 23.1 Å². The van der Waals surface area contributed by atoms with Gasteiger partial charge in [-0.1, -0.05) is 0 Å². The Morgan fingerprint density at radius 3 is 2.59 bits per heavy atom. The van der Waals surface area contributed by atoms with Gasteiger partial charge in [-0.15, -0.1) is 23.1 Å². The lowest BCUT2D eigenvalue weighted by Gasteiger charge is -2.07. The normalized spacial score (nSPS) is 10.8. The standard InChI is InChI=1S/C18H18N4O3S2/c1-9-14-15(19)16(27-17(14)21-10(2)20-9)18(24)25-8-13(23)22-11-4-6-12(26-3)7-5-11/h4-7H,8,19H2,1-3H3,(H,22,23). The van der Waals surface area contributed by atoms with Gasteiger partial charge < -0.3 is 15.8 Å². The van der Waals surface area contributed by atoms with E-state index in [2.05, 4.69) is 15.3 Å². The molecule has 0 aliphatic heterocycles. The molecule has 3 N–H and O–H groups in total. The van der Waals surface area contributed by atoms with Crippen molar-refractivity contribution in [1.29, 1.82) is 0 Å². The number of anilines is 2. The Morgan fingerprint density at radius 2 is 1.93 bits per heavy atom. The zero-order valence-electron chi connectivity index (χ0n) is 15.0. The molecule has 7 nitrogen and oxygen atoms in total. The van der Waals surface area contributed by atoms with E-state index in [1.165, 1.54) is 0 Å². The van der Waals surface area contributed by atoms with E-state index in [1.807, 2.05) is 25.3 Å². The highest BCUT2D eigenvalue weighted by Crippen LogP contribution is 2.34. The molecule has 0 spiro atoms. The number of carbonyl (C=O) groups excluding carboxylic acids is 2. The highest BCUT2D eigenvalue weighted by Gasteiger charge is 2.21. The number of nitrogens with two attached hydrogens (primary N) is 1. The number of aromatic nitrogens is 2. The summed E-state index contributed by atoms with van der Waals surface area (Å²) in [6.45, 7) is 3.18. The van der Waals surface area contributed by atoms with Gasteiger partial charge in [0.05, 0.1) is 16.8 Å². The quantitative estimate of drug-likeness (QED) is 0.497. The van der Waals surface area contributed by atoms with E-state index in [4.69, 9.17) is 10.5 Å². The number of fused-ring (bicyclic) bond motifs is 1. The lowest BCUT2D eigenvalue weighted by atomic mass is 10.2. The molecule has 2 aromatic heterocycles. The minimum Gasteiger partial charge on any atom is -0.451 e. The molecular formula is C18H18N4O3S2. The van der Waals surface area contributed by atoms with Crippen molar-refractivity contribution in [3.8, 4) is 0 Å². The van der Waals surface area contributed by atoms with Gasteiger partial charge in [-0.3, -0.25) is 4.79 Å². The summed E-state index contributed by atoms with van der Waals surface area (Å²) in [5, 5.41) is 3.33. The number of benzene rings is 1. The minimum atomic E-state index is -0.652. The first kappa shape index (κ1) is 19.1. The van der Waals surface area contributed by atoms with Crippen molar-refractivity contribution >= 4 is 56.6 Å². The molecule has 9 heteroatoms. The third-order valence-electron chi connectivity index (χ3n) is 3.77. The molecule has 1 aromatic carbocycles. The lowest BCUT2D eigenvalue weighted by Crippen LogP contribution is -2.20. The first-order chi connectivity index (χ1) is 12.9. The molecule has 140 valence electrons. The summed E-state index contributed by atoms with van der Waals surface area (Å²) in [5.74, 6) is -0.472. The van der Waals surface area contributed by atoms with Crippen molar-refractivity contribution in [2.45, 2.75) is 18.7 Å². The number of rotatable bonds is 5. The first-order valence-corrected chi connectivity index (χ1v) is 10.1. The number of nitrogen functional groups attached to an aromatic ring is 1. The third-order valence-corrected chi connectivity index (χ3v) is 5.60. The van der Waals surface area contributed by atoms with Crippen molar-refractivity contribution < 1.29 is 14.3 Å². The van der Waals surface area contributed by atoms with Crippen LogP contribution in [0.2, 0.25) is 0 Å². The maximum absolute atomic E-state index is 12.3. The SMILES string of the molecule is CSc1ccc(NC(=O)COC(=O)c2sc3nc(C)nc(C)c3c2N)cc1. The Kier molecular flexibility index (Phi) is 5.62. The van der Waals surface area contributed by atoms with Crippen molar-refractivity contribution in [2.75, 3.05) is 23.9 Å². The number of nitrogens with zero attached hydrogens (tertiary/aromatic N) is 2.